The molecular weight excluding hydrogens is 131 g/mol. The van der Waals surface area contributed by atoms with Crippen LogP contribution >= 0.6 is 11.6 Å². The summed E-state index contributed by atoms with van der Waals surface area (Å²) in [5.74, 6) is 0. The van der Waals surface area contributed by atoms with Crippen molar-refractivity contribution in [3.63, 3.8) is 0 Å². The molecule has 1 saturated heterocycles. The molecule has 1 fully saturated rings. The van der Waals surface area contributed by atoms with Crippen molar-refractivity contribution in [2.24, 2.45) is 0 Å². The van der Waals surface area contributed by atoms with Gasteiger partial charge in [0.2, 0.25) is 0 Å². The first kappa shape index (κ1) is 6.30. The van der Waals surface area contributed by atoms with Gasteiger partial charge in [-0.2, -0.15) is 0 Å². The third-order valence-corrected chi connectivity index (χ3v) is 1.43. The van der Waals surface area contributed by atoms with Crippen molar-refractivity contribution in [1.82, 2.24) is 0 Å². The second kappa shape index (κ2) is 2.65. The quantitative estimate of drug-likeness (QED) is 0.463. The monoisotopic (exact) mass is 137 g/mol. The Kier molecular flexibility index (Phi) is 2.08. The summed E-state index contributed by atoms with van der Waals surface area (Å²) in [6, 6.07) is 0. The van der Waals surface area contributed by atoms with Crippen molar-refractivity contribution >= 4 is 11.6 Å². The Morgan fingerprint density at radius 2 is 2.50 bits per heavy atom. The molecule has 1 atom stereocenters. The molecule has 1 heterocycles. The molecule has 0 aliphatic carbocycles. The Morgan fingerprint density at radius 1 is 1.75 bits per heavy atom. The lowest BCUT2D eigenvalue weighted by Crippen LogP contribution is -2.19. The minimum Gasteiger partial charge on any atom is -0.359 e. The first-order valence-electron chi connectivity index (χ1n) is 2.57. The van der Waals surface area contributed by atoms with Crippen molar-refractivity contribution < 1.29 is 9.13 Å². The molecule has 1 rings (SSSR count). The van der Waals surface area contributed by atoms with Gasteiger partial charge >= 0.3 is 0 Å². The predicted molar refractivity (Wildman–Crippen MR) is 29.2 cm³/mol. The van der Waals surface area contributed by atoms with Gasteiger partial charge in [0.15, 0.2) is 11.7 Å². The molecule has 1 nitrogen and oxygen atoms in total. The summed E-state index contributed by atoms with van der Waals surface area (Å²) in [5.41, 5.74) is -0.774. The summed E-state index contributed by atoms with van der Waals surface area (Å²) in [5, 5.41) is 0. The van der Waals surface area contributed by atoms with Crippen LogP contribution in [0.1, 0.15) is 12.8 Å². The number of rotatable bonds is 0. The maximum Gasteiger partial charge on any atom is 0.188 e. The van der Waals surface area contributed by atoms with Gasteiger partial charge in [-0.15, -0.1) is 0 Å². The van der Waals surface area contributed by atoms with Crippen molar-refractivity contribution in [3.05, 3.63) is 6.17 Å². The topological polar surface area (TPSA) is 9.23 Å². The maximum absolute atomic E-state index is 12.2. The van der Waals surface area contributed by atoms with Gasteiger partial charge in [-0.25, -0.2) is 4.39 Å². The fourth-order valence-electron chi connectivity index (χ4n) is 0.632. The minimum absolute atomic E-state index is 0.238. The van der Waals surface area contributed by atoms with Crippen LogP contribution in [-0.4, -0.2) is 12.2 Å². The lowest BCUT2D eigenvalue weighted by atomic mass is 10.2. The molecule has 0 saturated carbocycles. The van der Waals surface area contributed by atoms with Gasteiger partial charge in [0.05, 0.1) is 0 Å². The van der Waals surface area contributed by atoms with E-state index in [1.165, 1.54) is 0 Å². The third kappa shape index (κ3) is 1.33. The van der Waals surface area contributed by atoms with E-state index in [0.29, 0.717) is 13.0 Å². The SMILES string of the molecule is F[C]1CCCOC1Cl. The van der Waals surface area contributed by atoms with Crippen LogP contribution in [0.4, 0.5) is 4.39 Å². The molecule has 47 valence electrons. The van der Waals surface area contributed by atoms with Crippen LogP contribution in [0.15, 0.2) is 0 Å². The van der Waals surface area contributed by atoms with Gasteiger partial charge in [-0.3, -0.25) is 0 Å². The molecule has 1 unspecified atom stereocenters. The molecule has 8 heavy (non-hydrogen) atoms. The van der Waals surface area contributed by atoms with E-state index in [-0.39, 0.29) is 6.17 Å². The van der Waals surface area contributed by atoms with Gasteiger partial charge in [0.1, 0.15) is 0 Å². The molecule has 1 aliphatic rings. The smallest absolute Gasteiger partial charge is 0.188 e. The fraction of sp³-hybridized carbons (Fsp3) is 0.800. The van der Waals surface area contributed by atoms with E-state index in [2.05, 4.69) is 0 Å². The van der Waals surface area contributed by atoms with Crippen molar-refractivity contribution in [3.8, 4) is 0 Å². The first-order chi connectivity index (χ1) is 3.80. The number of hydrogen-bond donors (Lipinski definition) is 0. The lowest BCUT2D eigenvalue weighted by Gasteiger charge is -2.19. The fourth-order valence-corrected chi connectivity index (χ4v) is 0.830. The minimum atomic E-state index is -0.774. The van der Waals surface area contributed by atoms with Gasteiger partial charge in [0.25, 0.3) is 0 Å². The Bertz CT molecular complexity index is 68.8. The first-order valence-corrected chi connectivity index (χ1v) is 3.01. The van der Waals surface area contributed by atoms with Crippen LogP contribution in [0.3, 0.4) is 0 Å². The highest BCUT2D eigenvalue weighted by atomic mass is 35.5. The van der Waals surface area contributed by atoms with Gasteiger partial charge in [-0.05, 0) is 12.8 Å². The number of alkyl halides is 1. The summed E-state index contributed by atoms with van der Waals surface area (Å²) in [7, 11) is 0. The van der Waals surface area contributed by atoms with E-state index >= 15 is 0 Å². The summed E-state index contributed by atoms with van der Waals surface area (Å²) in [4.78, 5) is 0. The standard InChI is InChI=1S/C5H7ClFO/c6-5-4(7)2-1-3-8-5/h5H,1-3H2. The van der Waals surface area contributed by atoms with Gasteiger partial charge in [0, 0.05) is 6.61 Å². The van der Waals surface area contributed by atoms with E-state index in [9.17, 15) is 4.39 Å². The molecule has 0 spiro atoms. The van der Waals surface area contributed by atoms with Crippen LogP contribution in [-0.2, 0) is 4.74 Å². The Hall–Kier alpha value is 0.180. The van der Waals surface area contributed by atoms with Crippen molar-refractivity contribution in [2.45, 2.75) is 18.4 Å². The van der Waals surface area contributed by atoms with Crippen LogP contribution in [0.25, 0.3) is 0 Å². The lowest BCUT2D eigenvalue weighted by molar-refractivity contribution is 0.0543. The molecule has 0 amide bonds. The van der Waals surface area contributed by atoms with Crippen molar-refractivity contribution in [2.75, 3.05) is 6.61 Å². The van der Waals surface area contributed by atoms with Crippen LogP contribution in [0, 0.1) is 6.17 Å². The second-order valence-corrected chi connectivity index (χ2v) is 2.13. The molecule has 3 heteroatoms. The molecule has 0 N–H and O–H groups in total. The summed E-state index contributed by atoms with van der Waals surface area (Å²) >= 11 is 5.33. The Morgan fingerprint density at radius 3 is 2.88 bits per heavy atom. The van der Waals surface area contributed by atoms with E-state index < -0.39 is 5.56 Å². The zero-order valence-electron chi connectivity index (χ0n) is 4.36. The summed E-state index contributed by atoms with van der Waals surface area (Å²) in [6.45, 7) is 0.585. The largest absolute Gasteiger partial charge is 0.359 e. The normalized spacial score (nSPS) is 33.0. The predicted octanol–water partition coefficient (Wildman–Crippen LogP) is 1.86. The zero-order valence-corrected chi connectivity index (χ0v) is 5.12. The molecule has 1 radical (unpaired) electrons. The van der Waals surface area contributed by atoms with Crippen molar-refractivity contribution in [1.29, 1.82) is 0 Å². The molecular formula is C5H7ClFO. The molecule has 0 bridgehead atoms. The molecule has 0 aromatic heterocycles. The maximum atomic E-state index is 12.2. The van der Waals surface area contributed by atoms with Gasteiger partial charge < -0.3 is 4.74 Å². The van der Waals surface area contributed by atoms with Crippen LogP contribution in [0.5, 0.6) is 0 Å². The van der Waals surface area contributed by atoms with E-state index in [0.717, 1.165) is 6.42 Å². The molecule has 0 aromatic carbocycles. The number of halogens is 2. The van der Waals surface area contributed by atoms with E-state index in [4.69, 9.17) is 16.3 Å². The van der Waals surface area contributed by atoms with Gasteiger partial charge in [-0.1, -0.05) is 11.6 Å². The average molecular weight is 138 g/mol. The summed E-state index contributed by atoms with van der Waals surface area (Å²) < 4.78 is 17.0. The highest BCUT2D eigenvalue weighted by Crippen LogP contribution is 2.25. The van der Waals surface area contributed by atoms with E-state index in [1.807, 2.05) is 0 Å². The number of hydrogen-bond acceptors (Lipinski definition) is 1. The summed E-state index contributed by atoms with van der Waals surface area (Å²) in [6.07, 6.45) is 0.987. The molecule has 0 aromatic rings. The van der Waals surface area contributed by atoms with Crippen LogP contribution in [0.2, 0.25) is 0 Å². The Balaban J connectivity index is 2.28. The van der Waals surface area contributed by atoms with E-state index in [1.54, 1.807) is 0 Å². The highest BCUT2D eigenvalue weighted by Gasteiger charge is 2.23. The third-order valence-electron chi connectivity index (χ3n) is 1.07. The highest BCUT2D eigenvalue weighted by molar-refractivity contribution is 6.20. The Labute approximate surface area is 52.8 Å². The number of ether oxygens (including phenoxy) is 1. The zero-order chi connectivity index (χ0) is 5.98. The average Bonchev–Trinajstić information content (AvgIpc) is 1.77. The molecule has 1 aliphatic heterocycles. The van der Waals surface area contributed by atoms with Crippen LogP contribution < -0.4 is 0 Å². The second-order valence-electron chi connectivity index (χ2n) is 1.74.